The second kappa shape index (κ2) is 6.73. The first-order chi connectivity index (χ1) is 9.77. The molecule has 3 fully saturated rings. The van der Waals surface area contributed by atoms with Crippen molar-refractivity contribution in [2.75, 3.05) is 26.4 Å². The summed E-state index contributed by atoms with van der Waals surface area (Å²) >= 11 is 0. The summed E-state index contributed by atoms with van der Waals surface area (Å²) in [7, 11) is 0. The van der Waals surface area contributed by atoms with Gasteiger partial charge in [-0.1, -0.05) is 0 Å². The Kier molecular flexibility index (Phi) is 4.97. The highest BCUT2D eigenvalue weighted by atomic mass is 16.6. The van der Waals surface area contributed by atoms with Gasteiger partial charge in [-0.15, -0.1) is 0 Å². The van der Waals surface area contributed by atoms with Gasteiger partial charge in [-0.2, -0.15) is 0 Å². The SMILES string of the molecule is OC(CCC1CCCCO1)C1CCOC2(CCOC2)C1. The normalized spacial score (nSPS) is 40.0. The van der Waals surface area contributed by atoms with Crippen LogP contribution in [0.1, 0.15) is 51.4 Å². The molecule has 0 amide bonds. The van der Waals surface area contributed by atoms with E-state index in [1.165, 1.54) is 12.8 Å². The minimum absolute atomic E-state index is 0.0920. The van der Waals surface area contributed by atoms with Gasteiger partial charge in [0.2, 0.25) is 0 Å². The van der Waals surface area contributed by atoms with Gasteiger partial charge in [0.15, 0.2) is 0 Å². The van der Waals surface area contributed by atoms with Crippen molar-refractivity contribution < 1.29 is 19.3 Å². The molecule has 20 heavy (non-hydrogen) atoms. The molecule has 1 N–H and O–H groups in total. The number of rotatable bonds is 4. The minimum Gasteiger partial charge on any atom is -0.393 e. The van der Waals surface area contributed by atoms with Crippen LogP contribution < -0.4 is 0 Å². The van der Waals surface area contributed by atoms with E-state index >= 15 is 0 Å². The lowest BCUT2D eigenvalue weighted by Gasteiger charge is -2.39. The molecule has 3 saturated heterocycles. The summed E-state index contributed by atoms with van der Waals surface area (Å²) in [5, 5.41) is 10.5. The molecule has 4 heteroatoms. The Morgan fingerprint density at radius 2 is 2.10 bits per heavy atom. The lowest BCUT2D eigenvalue weighted by molar-refractivity contribution is -0.118. The van der Waals surface area contributed by atoms with Crippen LogP contribution in [0.4, 0.5) is 0 Å². The highest BCUT2D eigenvalue weighted by molar-refractivity contribution is 4.92. The van der Waals surface area contributed by atoms with Crippen molar-refractivity contribution >= 4 is 0 Å². The molecule has 1 spiro atoms. The summed E-state index contributed by atoms with van der Waals surface area (Å²) in [5.41, 5.74) is -0.0920. The lowest BCUT2D eigenvalue weighted by atomic mass is 9.80. The van der Waals surface area contributed by atoms with Gasteiger partial charge in [0.1, 0.15) is 0 Å². The average molecular weight is 284 g/mol. The van der Waals surface area contributed by atoms with Gasteiger partial charge in [-0.25, -0.2) is 0 Å². The van der Waals surface area contributed by atoms with Crippen molar-refractivity contribution in [3.05, 3.63) is 0 Å². The molecule has 116 valence electrons. The van der Waals surface area contributed by atoms with Crippen LogP contribution in [0.2, 0.25) is 0 Å². The van der Waals surface area contributed by atoms with Gasteiger partial charge >= 0.3 is 0 Å². The van der Waals surface area contributed by atoms with Crippen molar-refractivity contribution in [3.8, 4) is 0 Å². The molecule has 0 aromatic heterocycles. The molecule has 3 aliphatic rings. The standard InChI is InChI=1S/C16H28O4/c17-15(5-4-14-3-1-2-8-19-14)13-6-9-20-16(11-13)7-10-18-12-16/h13-15,17H,1-12H2. The molecule has 4 unspecified atom stereocenters. The fourth-order valence-corrected chi connectivity index (χ4v) is 3.88. The molecule has 4 nitrogen and oxygen atoms in total. The third kappa shape index (κ3) is 3.53. The fourth-order valence-electron chi connectivity index (χ4n) is 3.88. The maximum absolute atomic E-state index is 10.5. The van der Waals surface area contributed by atoms with E-state index < -0.39 is 0 Å². The Morgan fingerprint density at radius 1 is 1.15 bits per heavy atom. The zero-order valence-electron chi connectivity index (χ0n) is 12.4. The molecular weight excluding hydrogens is 256 g/mol. The van der Waals surface area contributed by atoms with Crippen molar-refractivity contribution in [1.29, 1.82) is 0 Å². The minimum atomic E-state index is -0.207. The molecule has 0 aliphatic carbocycles. The number of hydrogen-bond donors (Lipinski definition) is 1. The predicted molar refractivity (Wildman–Crippen MR) is 75.7 cm³/mol. The largest absolute Gasteiger partial charge is 0.393 e. The Labute approximate surface area is 121 Å². The van der Waals surface area contributed by atoms with Gasteiger partial charge in [-0.05, 0) is 50.9 Å². The molecule has 4 atom stereocenters. The van der Waals surface area contributed by atoms with Gasteiger partial charge in [-0.3, -0.25) is 0 Å². The van der Waals surface area contributed by atoms with E-state index in [1.54, 1.807) is 0 Å². The summed E-state index contributed by atoms with van der Waals surface area (Å²) in [6, 6.07) is 0. The van der Waals surface area contributed by atoms with Crippen LogP contribution in [-0.2, 0) is 14.2 Å². The Balaban J connectivity index is 1.45. The van der Waals surface area contributed by atoms with Crippen molar-refractivity contribution in [2.45, 2.75) is 69.2 Å². The summed E-state index contributed by atoms with van der Waals surface area (Å²) in [6.07, 6.45) is 8.60. The molecule has 0 aromatic carbocycles. The fraction of sp³-hybridized carbons (Fsp3) is 1.00. The van der Waals surface area contributed by atoms with Gasteiger partial charge in [0.05, 0.1) is 24.4 Å². The highest BCUT2D eigenvalue weighted by Crippen LogP contribution is 2.38. The van der Waals surface area contributed by atoms with Gasteiger partial charge in [0, 0.05) is 26.2 Å². The molecule has 0 saturated carbocycles. The van der Waals surface area contributed by atoms with Crippen LogP contribution in [0.25, 0.3) is 0 Å². The van der Waals surface area contributed by atoms with E-state index in [-0.39, 0.29) is 11.7 Å². The van der Waals surface area contributed by atoms with E-state index in [9.17, 15) is 5.11 Å². The lowest BCUT2D eigenvalue weighted by Crippen LogP contribution is -2.43. The maximum Gasteiger partial charge on any atom is 0.0940 e. The first kappa shape index (κ1) is 14.8. The summed E-state index contributed by atoms with van der Waals surface area (Å²) in [5.74, 6) is 0.369. The number of aliphatic hydroxyl groups excluding tert-OH is 1. The number of hydrogen-bond acceptors (Lipinski definition) is 4. The van der Waals surface area contributed by atoms with Crippen molar-refractivity contribution in [1.82, 2.24) is 0 Å². The van der Waals surface area contributed by atoms with Crippen molar-refractivity contribution in [2.24, 2.45) is 5.92 Å². The van der Waals surface area contributed by atoms with Crippen LogP contribution in [0, 0.1) is 5.92 Å². The van der Waals surface area contributed by atoms with Crippen LogP contribution >= 0.6 is 0 Å². The van der Waals surface area contributed by atoms with Crippen LogP contribution in [0.3, 0.4) is 0 Å². The molecule has 0 bridgehead atoms. The average Bonchev–Trinajstić information content (AvgIpc) is 2.93. The zero-order chi connectivity index (χ0) is 13.8. The van der Waals surface area contributed by atoms with E-state index in [1.807, 2.05) is 0 Å². The Hall–Kier alpha value is -0.160. The first-order valence-electron chi connectivity index (χ1n) is 8.29. The third-order valence-electron chi connectivity index (χ3n) is 5.20. The van der Waals surface area contributed by atoms with Crippen LogP contribution in [0.5, 0.6) is 0 Å². The smallest absolute Gasteiger partial charge is 0.0940 e. The van der Waals surface area contributed by atoms with E-state index in [0.717, 1.165) is 58.3 Å². The topological polar surface area (TPSA) is 47.9 Å². The quantitative estimate of drug-likeness (QED) is 0.860. The van der Waals surface area contributed by atoms with Gasteiger partial charge in [0.25, 0.3) is 0 Å². The number of aliphatic hydroxyl groups is 1. The highest BCUT2D eigenvalue weighted by Gasteiger charge is 2.42. The van der Waals surface area contributed by atoms with E-state index in [4.69, 9.17) is 14.2 Å². The Morgan fingerprint density at radius 3 is 2.85 bits per heavy atom. The molecule has 3 aliphatic heterocycles. The monoisotopic (exact) mass is 284 g/mol. The predicted octanol–water partition coefficient (Wildman–Crippen LogP) is 2.28. The van der Waals surface area contributed by atoms with E-state index in [2.05, 4.69) is 0 Å². The molecule has 0 aromatic rings. The molecular formula is C16H28O4. The van der Waals surface area contributed by atoms with Crippen molar-refractivity contribution in [3.63, 3.8) is 0 Å². The molecule has 3 rings (SSSR count). The van der Waals surface area contributed by atoms with Gasteiger partial charge < -0.3 is 19.3 Å². The first-order valence-corrected chi connectivity index (χ1v) is 8.29. The van der Waals surface area contributed by atoms with Crippen LogP contribution in [0.15, 0.2) is 0 Å². The van der Waals surface area contributed by atoms with Crippen LogP contribution in [-0.4, -0.2) is 49.3 Å². The zero-order valence-corrected chi connectivity index (χ0v) is 12.4. The number of ether oxygens (including phenoxy) is 3. The second-order valence-corrected chi connectivity index (χ2v) is 6.72. The maximum atomic E-state index is 10.5. The molecule has 3 heterocycles. The summed E-state index contributed by atoms with van der Waals surface area (Å²) in [6.45, 7) is 3.18. The molecule has 0 radical (unpaired) electrons. The van der Waals surface area contributed by atoms with E-state index in [0.29, 0.717) is 18.6 Å². The second-order valence-electron chi connectivity index (χ2n) is 6.72. The summed E-state index contributed by atoms with van der Waals surface area (Å²) < 4.78 is 17.2. The third-order valence-corrected chi connectivity index (χ3v) is 5.20. The Bertz CT molecular complexity index is 295. The summed E-state index contributed by atoms with van der Waals surface area (Å²) in [4.78, 5) is 0.